The molecule has 0 bridgehead atoms. The van der Waals surface area contributed by atoms with E-state index in [4.69, 9.17) is 0 Å². The molecule has 1 aromatic rings. The van der Waals surface area contributed by atoms with E-state index in [1.54, 1.807) is 0 Å². The van der Waals surface area contributed by atoms with Crippen molar-refractivity contribution in [3.05, 3.63) is 28.3 Å². The monoisotopic (exact) mass is 339 g/mol. The highest BCUT2D eigenvalue weighted by atomic mass is 32.2. The first kappa shape index (κ1) is 16.2. The summed E-state index contributed by atoms with van der Waals surface area (Å²) in [4.78, 5) is 12.8. The van der Waals surface area contributed by atoms with Gasteiger partial charge in [0, 0.05) is 43.1 Å². The first-order chi connectivity index (χ1) is 10.8. The molecule has 1 aliphatic heterocycles. The minimum absolute atomic E-state index is 0.00998. The van der Waals surface area contributed by atoms with Crippen LogP contribution in [0.15, 0.2) is 23.1 Å². The van der Waals surface area contributed by atoms with Gasteiger partial charge < -0.3 is 5.32 Å². The Bertz CT molecular complexity index is 730. The Labute approximate surface area is 135 Å². The van der Waals surface area contributed by atoms with Crippen molar-refractivity contribution in [2.24, 2.45) is 0 Å². The second kappa shape index (κ2) is 5.76. The van der Waals surface area contributed by atoms with Crippen LogP contribution < -0.4 is 5.32 Å². The third-order valence-corrected chi connectivity index (χ3v) is 5.71. The van der Waals surface area contributed by atoms with Crippen molar-refractivity contribution in [3.8, 4) is 0 Å². The lowest BCUT2D eigenvalue weighted by molar-refractivity contribution is -0.385. The van der Waals surface area contributed by atoms with E-state index in [1.165, 1.54) is 25.0 Å². The predicted octanol–water partition coefficient (Wildman–Crippen LogP) is 2.04. The molecule has 1 saturated heterocycles. The maximum Gasteiger partial charge on any atom is 0.270 e. The minimum Gasteiger partial charge on any atom is -0.380 e. The lowest BCUT2D eigenvalue weighted by Gasteiger charge is -2.20. The molecule has 0 aromatic heterocycles. The van der Waals surface area contributed by atoms with E-state index in [0.717, 1.165) is 25.3 Å². The van der Waals surface area contributed by atoms with Gasteiger partial charge in [-0.2, -0.15) is 0 Å². The molecule has 2 aliphatic rings. The standard InChI is InChI=1S/C15H21N3O4S/c1-10-7-11(9-17(10)12-3-4-12)16-14-6-5-13(18(19)20)8-15(14)23(2,21)22/h5-6,8,10-12,16H,3-4,7,9H2,1-2H3/t10-,11-/m0/s1. The smallest absolute Gasteiger partial charge is 0.270 e. The second-order valence-corrected chi connectivity index (χ2v) is 8.55. The van der Waals surface area contributed by atoms with Crippen molar-refractivity contribution in [2.75, 3.05) is 18.1 Å². The van der Waals surface area contributed by atoms with E-state index in [0.29, 0.717) is 17.8 Å². The Morgan fingerprint density at radius 1 is 1.35 bits per heavy atom. The van der Waals surface area contributed by atoms with E-state index in [1.807, 2.05) is 0 Å². The van der Waals surface area contributed by atoms with E-state index in [2.05, 4.69) is 17.1 Å². The maximum atomic E-state index is 12.0. The summed E-state index contributed by atoms with van der Waals surface area (Å²) >= 11 is 0. The van der Waals surface area contributed by atoms with Crippen LogP contribution in [0.1, 0.15) is 26.2 Å². The summed E-state index contributed by atoms with van der Waals surface area (Å²) < 4.78 is 24.0. The molecule has 0 radical (unpaired) electrons. The van der Waals surface area contributed by atoms with Gasteiger partial charge in [-0.25, -0.2) is 8.42 Å². The maximum absolute atomic E-state index is 12.0. The summed E-state index contributed by atoms with van der Waals surface area (Å²) in [6, 6.07) is 5.28. The number of anilines is 1. The first-order valence-corrected chi connectivity index (χ1v) is 9.65. The average Bonchev–Trinajstić information content (AvgIpc) is 3.22. The summed E-state index contributed by atoms with van der Waals surface area (Å²) in [5.74, 6) is 0. The van der Waals surface area contributed by atoms with E-state index in [-0.39, 0.29) is 16.6 Å². The van der Waals surface area contributed by atoms with Gasteiger partial charge in [0.1, 0.15) is 0 Å². The Kier molecular flexibility index (Phi) is 4.05. The Morgan fingerprint density at radius 2 is 2.04 bits per heavy atom. The second-order valence-electron chi connectivity index (χ2n) is 6.56. The van der Waals surface area contributed by atoms with Crippen LogP contribution in [0.25, 0.3) is 0 Å². The quantitative estimate of drug-likeness (QED) is 0.652. The fourth-order valence-electron chi connectivity index (χ4n) is 3.35. The minimum atomic E-state index is -3.54. The zero-order chi connectivity index (χ0) is 16.8. The van der Waals surface area contributed by atoms with Crippen molar-refractivity contribution in [1.29, 1.82) is 0 Å². The van der Waals surface area contributed by atoms with Gasteiger partial charge in [-0.3, -0.25) is 15.0 Å². The van der Waals surface area contributed by atoms with Crippen molar-refractivity contribution in [3.63, 3.8) is 0 Å². The van der Waals surface area contributed by atoms with Gasteiger partial charge in [0.25, 0.3) is 5.69 Å². The molecule has 126 valence electrons. The summed E-state index contributed by atoms with van der Waals surface area (Å²) in [5.41, 5.74) is 0.239. The van der Waals surface area contributed by atoms with Gasteiger partial charge in [-0.1, -0.05) is 0 Å². The van der Waals surface area contributed by atoms with Gasteiger partial charge in [-0.15, -0.1) is 0 Å². The molecule has 0 spiro atoms. The summed E-state index contributed by atoms with van der Waals surface area (Å²) in [6.45, 7) is 3.07. The summed E-state index contributed by atoms with van der Waals surface area (Å²) in [7, 11) is -3.54. The number of hydrogen-bond donors (Lipinski definition) is 1. The normalized spacial score (nSPS) is 25.5. The number of nitrogens with zero attached hydrogens (tertiary/aromatic N) is 2. The summed E-state index contributed by atoms with van der Waals surface area (Å²) in [5, 5.41) is 14.2. The molecule has 1 heterocycles. The highest BCUT2D eigenvalue weighted by molar-refractivity contribution is 7.90. The number of non-ortho nitro benzene ring substituents is 1. The fourth-order valence-corrected chi connectivity index (χ4v) is 4.21. The van der Waals surface area contributed by atoms with Crippen LogP contribution >= 0.6 is 0 Å². The Morgan fingerprint density at radius 3 is 2.61 bits per heavy atom. The van der Waals surface area contributed by atoms with Gasteiger partial charge in [0.2, 0.25) is 0 Å². The average molecular weight is 339 g/mol. The molecule has 1 aliphatic carbocycles. The van der Waals surface area contributed by atoms with E-state index >= 15 is 0 Å². The zero-order valence-electron chi connectivity index (χ0n) is 13.2. The fraction of sp³-hybridized carbons (Fsp3) is 0.600. The van der Waals surface area contributed by atoms with Crippen molar-refractivity contribution < 1.29 is 13.3 Å². The van der Waals surface area contributed by atoms with Crippen LogP contribution in [0.5, 0.6) is 0 Å². The SMILES string of the molecule is C[C@H]1C[C@H](Nc2ccc([N+](=O)[O-])cc2S(C)(=O)=O)CN1C1CC1. The number of nitrogens with one attached hydrogen (secondary N) is 1. The number of sulfone groups is 1. The number of nitro benzene ring substituents is 1. The summed E-state index contributed by atoms with van der Waals surface area (Å²) in [6.07, 6.45) is 4.49. The number of nitro groups is 1. The number of rotatable bonds is 5. The molecule has 8 heteroatoms. The molecule has 2 atom stereocenters. The molecule has 1 aromatic carbocycles. The van der Waals surface area contributed by atoms with Crippen LogP contribution in [0.2, 0.25) is 0 Å². The number of likely N-dealkylation sites (tertiary alicyclic amines) is 1. The number of benzene rings is 1. The molecular formula is C15H21N3O4S. The number of hydrogen-bond acceptors (Lipinski definition) is 6. The molecular weight excluding hydrogens is 318 g/mol. The highest BCUT2D eigenvalue weighted by Crippen LogP contribution is 2.35. The third kappa shape index (κ3) is 3.48. The predicted molar refractivity (Wildman–Crippen MR) is 87.4 cm³/mol. The lowest BCUT2D eigenvalue weighted by Crippen LogP contribution is -2.31. The zero-order valence-corrected chi connectivity index (χ0v) is 14.0. The van der Waals surface area contributed by atoms with Gasteiger partial charge in [-0.05, 0) is 32.3 Å². The van der Waals surface area contributed by atoms with Gasteiger partial charge in [0.05, 0.1) is 15.5 Å². The topological polar surface area (TPSA) is 92.5 Å². The van der Waals surface area contributed by atoms with Crippen LogP contribution in [-0.2, 0) is 9.84 Å². The van der Waals surface area contributed by atoms with Crippen LogP contribution in [0.4, 0.5) is 11.4 Å². The molecule has 1 saturated carbocycles. The lowest BCUT2D eigenvalue weighted by atomic mass is 10.2. The van der Waals surface area contributed by atoms with E-state index < -0.39 is 14.8 Å². The van der Waals surface area contributed by atoms with Crippen LogP contribution in [0, 0.1) is 10.1 Å². The Hall–Kier alpha value is -1.67. The molecule has 2 fully saturated rings. The largest absolute Gasteiger partial charge is 0.380 e. The van der Waals surface area contributed by atoms with Crippen LogP contribution in [0.3, 0.4) is 0 Å². The van der Waals surface area contributed by atoms with Crippen molar-refractivity contribution in [2.45, 2.75) is 49.2 Å². The Balaban J connectivity index is 1.83. The van der Waals surface area contributed by atoms with Crippen LogP contribution in [-0.4, -0.2) is 49.2 Å². The molecule has 1 N–H and O–H groups in total. The molecule has 3 rings (SSSR count). The molecule has 7 nitrogen and oxygen atoms in total. The molecule has 0 amide bonds. The van der Waals surface area contributed by atoms with Gasteiger partial charge in [0.15, 0.2) is 9.84 Å². The van der Waals surface area contributed by atoms with Gasteiger partial charge >= 0.3 is 0 Å². The third-order valence-electron chi connectivity index (χ3n) is 4.57. The first-order valence-electron chi connectivity index (χ1n) is 7.76. The molecule has 23 heavy (non-hydrogen) atoms. The van der Waals surface area contributed by atoms with Crippen molar-refractivity contribution >= 4 is 21.2 Å². The highest BCUT2D eigenvalue weighted by Gasteiger charge is 2.39. The van der Waals surface area contributed by atoms with Crippen molar-refractivity contribution in [1.82, 2.24) is 4.90 Å². The van der Waals surface area contributed by atoms with E-state index in [9.17, 15) is 18.5 Å². The molecule has 0 unspecified atom stereocenters.